The molecule has 0 aromatic rings. The van der Waals surface area contributed by atoms with Gasteiger partial charge in [0, 0.05) is 6.61 Å². The van der Waals surface area contributed by atoms with Gasteiger partial charge in [-0.25, -0.2) is 4.79 Å². The summed E-state index contributed by atoms with van der Waals surface area (Å²) in [4.78, 5) is 11.3. The van der Waals surface area contributed by atoms with E-state index in [2.05, 4.69) is 0 Å². The summed E-state index contributed by atoms with van der Waals surface area (Å²) in [5.41, 5.74) is 0. The van der Waals surface area contributed by atoms with Gasteiger partial charge in [-0.1, -0.05) is 0 Å². The molecule has 0 bridgehead atoms. The minimum atomic E-state index is -0.269. The molecule has 1 saturated carbocycles. The molecular weight excluding hydrogens is 208 g/mol. The molecule has 0 radical (unpaired) electrons. The highest BCUT2D eigenvalue weighted by Crippen LogP contribution is 2.28. The van der Waals surface area contributed by atoms with E-state index in [4.69, 9.17) is 14.2 Å². The van der Waals surface area contributed by atoms with E-state index in [9.17, 15) is 4.79 Å². The van der Waals surface area contributed by atoms with Gasteiger partial charge in [-0.05, 0) is 38.0 Å². The molecule has 1 unspecified atom stereocenters. The van der Waals surface area contributed by atoms with Crippen LogP contribution in [0.5, 0.6) is 0 Å². The van der Waals surface area contributed by atoms with Gasteiger partial charge in [0.2, 0.25) is 0 Å². The Labute approximate surface area is 96.2 Å². The molecule has 1 aliphatic heterocycles. The van der Waals surface area contributed by atoms with E-state index in [0.717, 1.165) is 19.4 Å². The fourth-order valence-electron chi connectivity index (χ4n) is 1.76. The summed E-state index contributed by atoms with van der Waals surface area (Å²) in [5, 5.41) is 0. The van der Waals surface area contributed by atoms with Crippen LogP contribution < -0.4 is 0 Å². The third-order valence-corrected chi connectivity index (χ3v) is 2.97. The first-order valence-electron chi connectivity index (χ1n) is 6.19. The van der Waals surface area contributed by atoms with Crippen molar-refractivity contribution in [1.82, 2.24) is 0 Å². The maximum Gasteiger partial charge on any atom is 0.332 e. The van der Waals surface area contributed by atoms with Crippen LogP contribution in [-0.4, -0.2) is 38.5 Å². The van der Waals surface area contributed by atoms with E-state index in [1.807, 2.05) is 0 Å². The molecular formula is C12H20O4. The third kappa shape index (κ3) is 4.49. The van der Waals surface area contributed by atoms with Crippen LogP contribution in [0.25, 0.3) is 0 Å². The second kappa shape index (κ2) is 6.21. The van der Waals surface area contributed by atoms with Crippen molar-refractivity contribution in [2.24, 2.45) is 5.92 Å². The molecule has 1 saturated heterocycles. The average molecular weight is 228 g/mol. The lowest BCUT2D eigenvalue weighted by atomic mass is 10.1. The van der Waals surface area contributed by atoms with Crippen LogP contribution >= 0.6 is 0 Å². The lowest BCUT2D eigenvalue weighted by molar-refractivity contribution is -0.154. The maximum absolute atomic E-state index is 11.3. The summed E-state index contributed by atoms with van der Waals surface area (Å²) in [6.45, 7) is 1.96. The van der Waals surface area contributed by atoms with Gasteiger partial charge in [0.05, 0.1) is 12.7 Å². The number of hydrogen-bond donors (Lipinski definition) is 0. The van der Waals surface area contributed by atoms with E-state index >= 15 is 0 Å². The zero-order chi connectivity index (χ0) is 11.2. The predicted molar refractivity (Wildman–Crippen MR) is 58.1 cm³/mol. The van der Waals surface area contributed by atoms with Crippen LogP contribution in [0.1, 0.15) is 32.1 Å². The van der Waals surface area contributed by atoms with Gasteiger partial charge in [0.15, 0.2) is 0 Å². The molecule has 1 aliphatic carbocycles. The molecule has 1 atom stereocenters. The Balaban J connectivity index is 1.48. The molecule has 2 aliphatic rings. The maximum atomic E-state index is 11.3. The van der Waals surface area contributed by atoms with Crippen LogP contribution in [0.15, 0.2) is 0 Å². The molecule has 2 fully saturated rings. The summed E-state index contributed by atoms with van der Waals surface area (Å²) in [5.74, 6) is 0.421. The Morgan fingerprint density at radius 1 is 1.19 bits per heavy atom. The number of carbonyl (C=O) groups is 1. The Bertz CT molecular complexity index is 219. The molecule has 4 nitrogen and oxygen atoms in total. The number of ether oxygens (including phenoxy) is 3. The summed E-state index contributed by atoms with van der Waals surface area (Å²) in [7, 11) is 0. The van der Waals surface area contributed by atoms with E-state index in [1.54, 1.807) is 0 Å². The molecule has 4 heteroatoms. The monoisotopic (exact) mass is 228 g/mol. The molecule has 2 rings (SSSR count). The largest absolute Gasteiger partial charge is 0.461 e. The smallest absolute Gasteiger partial charge is 0.332 e. The van der Waals surface area contributed by atoms with Gasteiger partial charge in [0.25, 0.3) is 0 Å². The Kier molecular flexibility index (Phi) is 4.60. The minimum absolute atomic E-state index is 0.0865. The number of carbonyl (C=O) groups excluding carboxylic acids is 1. The molecule has 0 spiro atoms. The summed E-state index contributed by atoms with van der Waals surface area (Å²) in [6.07, 6.45) is 5.86. The Hall–Kier alpha value is -0.610. The van der Waals surface area contributed by atoms with Crippen molar-refractivity contribution in [1.29, 1.82) is 0 Å². The number of rotatable bonds is 6. The van der Waals surface area contributed by atoms with Crippen molar-refractivity contribution in [3.05, 3.63) is 0 Å². The fraction of sp³-hybridized carbons (Fsp3) is 0.917. The molecule has 0 amide bonds. The van der Waals surface area contributed by atoms with E-state index < -0.39 is 0 Å². The topological polar surface area (TPSA) is 44.8 Å². The SMILES string of the molecule is O=C(COCC1CC1)OCC1CCCCO1. The number of hydrogen-bond acceptors (Lipinski definition) is 4. The van der Waals surface area contributed by atoms with Gasteiger partial charge >= 0.3 is 5.97 Å². The normalized spacial score (nSPS) is 25.4. The third-order valence-electron chi connectivity index (χ3n) is 2.97. The highest BCUT2D eigenvalue weighted by Gasteiger charge is 2.22. The zero-order valence-electron chi connectivity index (χ0n) is 9.65. The van der Waals surface area contributed by atoms with Gasteiger partial charge in [-0.15, -0.1) is 0 Å². The lowest BCUT2D eigenvalue weighted by Crippen LogP contribution is -2.27. The lowest BCUT2D eigenvalue weighted by Gasteiger charge is -2.21. The van der Waals surface area contributed by atoms with Crippen LogP contribution in [0, 0.1) is 5.92 Å². The molecule has 16 heavy (non-hydrogen) atoms. The molecule has 1 heterocycles. The second-order valence-corrected chi connectivity index (χ2v) is 4.63. The van der Waals surface area contributed by atoms with Crippen molar-refractivity contribution < 1.29 is 19.0 Å². The van der Waals surface area contributed by atoms with Crippen LogP contribution in [-0.2, 0) is 19.0 Å². The molecule has 0 N–H and O–H groups in total. The highest BCUT2D eigenvalue weighted by atomic mass is 16.6. The van der Waals surface area contributed by atoms with Crippen LogP contribution in [0.3, 0.4) is 0 Å². The zero-order valence-corrected chi connectivity index (χ0v) is 9.65. The fourth-order valence-corrected chi connectivity index (χ4v) is 1.76. The Morgan fingerprint density at radius 2 is 2.06 bits per heavy atom. The van der Waals surface area contributed by atoms with Gasteiger partial charge in [0.1, 0.15) is 13.2 Å². The van der Waals surface area contributed by atoms with Crippen molar-refractivity contribution in [2.75, 3.05) is 26.4 Å². The number of esters is 1. The van der Waals surface area contributed by atoms with E-state index in [1.165, 1.54) is 19.3 Å². The van der Waals surface area contributed by atoms with Gasteiger partial charge < -0.3 is 14.2 Å². The van der Waals surface area contributed by atoms with Crippen molar-refractivity contribution in [3.8, 4) is 0 Å². The Morgan fingerprint density at radius 3 is 2.75 bits per heavy atom. The first kappa shape index (κ1) is 11.9. The van der Waals surface area contributed by atoms with Crippen LogP contribution in [0.4, 0.5) is 0 Å². The van der Waals surface area contributed by atoms with Gasteiger partial charge in [-0.3, -0.25) is 0 Å². The molecule has 0 aromatic heterocycles. The first-order chi connectivity index (χ1) is 7.84. The highest BCUT2D eigenvalue weighted by molar-refractivity contribution is 5.70. The molecule has 0 aromatic carbocycles. The van der Waals surface area contributed by atoms with Crippen molar-refractivity contribution in [3.63, 3.8) is 0 Å². The van der Waals surface area contributed by atoms with Crippen molar-refractivity contribution in [2.45, 2.75) is 38.2 Å². The van der Waals surface area contributed by atoms with E-state index in [-0.39, 0.29) is 18.7 Å². The van der Waals surface area contributed by atoms with Crippen molar-refractivity contribution >= 4 is 5.97 Å². The van der Waals surface area contributed by atoms with Gasteiger partial charge in [-0.2, -0.15) is 0 Å². The first-order valence-corrected chi connectivity index (χ1v) is 6.19. The summed E-state index contributed by atoms with van der Waals surface area (Å²) in [6, 6.07) is 0. The van der Waals surface area contributed by atoms with E-state index in [0.29, 0.717) is 19.1 Å². The summed E-state index contributed by atoms with van der Waals surface area (Å²) >= 11 is 0. The summed E-state index contributed by atoms with van der Waals surface area (Å²) < 4.78 is 15.8. The average Bonchev–Trinajstić information content (AvgIpc) is 3.12. The van der Waals surface area contributed by atoms with Crippen LogP contribution in [0.2, 0.25) is 0 Å². The second-order valence-electron chi connectivity index (χ2n) is 4.63. The predicted octanol–water partition coefficient (Wildman–Crippen LogP) is 1.53. The standard InChI is InChI=1S/C12H20O4/c13-12(9-14-7-10-4-5-10)16-8-11-3-1-2-6-15-11/h10-11H,1-9H2. The molecule has 92 valence electrons. The quantitative estimate of drug-likeness (QED) is 0.647. The minimum Gasteiger partial charge on any atom is -0.461 e.